The Balaban J connectivity index is 1.66. The minimum atomic E-state index is -1.08. The van der Waals surface area contributed by atoms with Gasteiger partial charge in [-0.25, -0.2) is 13.8 Å². The molecule has 5 N–H and O–H groups in total. The highest BCUT2D eigenvalue weighted by atomic mass is 32.2. The van der Waals surface area contributed by atoms with E-state index in [0.717, 1.165) is 54.5 Å². The maximum atomic E-state index is 14.0. The van der Waals surface area contributed by atoms with Crippen LogP contribution in [0.5, 0.6) is 0 Å². The van der Waals surface area contributed by atoms with E-state index in [-0.39, 0.29) is 19.3 Å². The van der Waals surface area contributed by atoms with Gasteiger partial charge >= 0.3 is 0 Å². The lowest BCUT2D eigenvalue weighted by molar-refractivity contribution is 0.0814. The molecule has 4 rings (SSSR count). The third-order valence-corrected chi connectivity index (χ3v) is 8.01. The number of nitrogens with zero attached hydrogens (tertiary/aromatic N) is 2. The number of aromatic nitrogens is 1. The molecule has 0 spiro atoms. The van der Waals surface area contributed by atoms with E-state index in [1.54, 1.807) is 24.0 Å². The molecular formula is C30H35F2N5O3S. The quantitative estimate of drug-likeness (QED) is 0.201. The molecule has 0 fully saturated rings. The first-order chi connectivity index (χ1) is 19.8. The van der Waals surface area contributed by atoms with Crippen LogP contribution in [-0.4, -0.2) is 53.2 Å². The van der Waals surface area contributed by atoms with Crippen LogP contribution in [0.1, 0.15) is 48.5 Å². The van der Waals surface area contributed by atoms with E-state index in [2.05, 4.69) is 22.1 Å². The molecule has 0 saturated carbocycles. The number of unbranched alkanes of at least 4 members (excludes halogenated alkanes) is 1. The lowest BCUT2D eigenvalue weighted by atomic mass is 9.96. The Hall–Kier alpha value is -3.70. The van der Waals surface area contributed by atoms with Crippen molar-refractivity contribution >= 4 is 29.6 Å². The Morgan fingerprint density at radius 3 is 2.76 bits per heavy atom. The summed E-state index contributed by atoms with van der Waals surface area (Å²) >= 11 is 1.69. The molecule has 0 bridgehead atoms. The first-order valence-electron chi connectivity index (χ1n) is 13.6. The third-order valence-electron chi connectivity index (χ3n) is 6.91. The first-order valence-corrected chi connectivity index (χ1v) is 14.6. The van der Waals surface area contributed by atoms with Gasteiger partial charge in [-0.05, 0) is 61.6 Å². The van der Waals surface area contributed by atoms with Crippen LogP contribution in [0.3, 0.4) is 0 Å². The van der Waals surface area contributed by atoms with Crippen molar-refractivity contribution in [3.8, 4) is 11.5 Å². The molecule has 1 aliphatic heterocycles. The number of oxazole rings is 1. The van der Waals surface area contributed by atoms with E-state index >= 15 is 0 Å². The number of allylic oxidation sites excluding steroid dienone is 2. The number of hydrogen-bond acceptors (Lipinski definition) is 8. The molecule has 2 heterocycles. The van der Waals surface area contributed by atoms with E-state index in [1.165, 1.54) is 24.5 Å². The molecule has 218 valence electrons. The van der Waals surface area contributed by atoms with Crippen LogP contribution in [-0.2, 0) is 6.42 Å². The fourth-order valence-corrected chi connectivity index (χ4v) is 5.98. The zero-order chi connectivity index (χ0) is 29.4. The number of benzene rings is 2. The molecule has 1 aromatic heterocycles. The second-order valence-corrected chi connectivity index (χ2v) is 11.1. The number of aliphatic hydroxyl groups excluding tert-OH is 1. The molecule has 0 aliphatic carbocycles. The number of aliphatic hydroxyl groups is 1. The summed E-state index contributed by atoms with van der Waals surface area (Å²) < 4.78 is 33.5. The highest BCUT2D eigenvalue weighted by Gasteiger charge is 2.28. The third kappa shape index (κ3) is 7.95. The Bertz CT molecular complexity index is 1360. The molecule has 2 aromatic carbocycles. The number of nitrogens with one attached hydrogen (secondary N) is 2. The van der Waals surface area contributed by atoms with Crippen LogP contribution in [0.25, 0.3) is 11.5 Å². The van der Waals surface area contributed by atoms with Crippen LogP contribution in [0, 0.1) is 17.0 Å². The number of thioether (sulfide) groups is 1. The summed E-state index contributed by atoms with van der Waals surface area (Å²) in [5.41, 5.74) is 8.56. The van der Waals surface area contributed by atoms with E-state index in [4.69, 9.17) is 15.6 Å². The van der Waals surface area contributed by atoms with Crippen molar-refractivity contribution in [3.63, 3.8) is 0 Å². The summed E-state index contributed by atoms with van der Waals surface area (Å²) in [6, 6.07) is 5.84. The molecule has 1 aliphatic rings. The predicted molar refractivity (Wildman–Crippen MR) is 157 cm³/mol. The lowest BCUT2D eigenvalue weighted by Gasteiger charge is -2.32. The summed E-state index contributed by atoms with van der Waals surface area (Å²) in [6.07, 6.45) is 6.91. The lowest BCUT2D eigenvalue weighted by Crippen LogP contribution is -2.45. The summed E-state index contributed by atoms with van der Waals surface area (Å²) in [6.45, 7) is 3.81. The summed E-state index contributed by atoms with van der Waals surface area (Å²) in [5, 5.41) is 21.2. The normalized spacial score (nSPS) is 14.8. The summed E-state index contributed by atoms with van der Waals surface area (Å²) in [7, 11) is 0. The zero-order valence-electron chi connectivity index (χ0n) is 22.9. The summed E-state index contributed by atoms with van der Waals surface area (Å²) in [4.78, 5) is 21.3. The second-order valence-electron chi connectivity index (χ2n) is 9.97. The number of rotatable bonds is 13. The minimum absolute atomic E-state index is 0.00815. The Labute approximate surface area is 242 Å². The van der Waals surface area contributed by atoms with Gasteiger partial charge in [-0.15, -0.1) is 11.8 Å². The number of carbonyl (C=O) groups is 1. The molecular weight excluding hydrogens is 548 g/mol. The maximum Gasteiger partial charge on any atom is 0.251 e. The number of nitrogens with two attached hydrogens (primary N) is 1. The average molecular weight is 584 g/mol. The van der Waals surface area contributed by atoms with Gasteiger partial charge in [-0.2, -0.15) is 0 Å². The van der Waals surface area contributed by atoms with Crippen LogP contribution in [0.4, 0.5) is 14.5 Å². The molecule has 41 heavy (non-hydrogen) atoms. The van der Waals surface area contributed by atoms with Crippen LogP contribution < -0.4 is 16.0 Å². The Kier molecular flexibility index (Phi) is 10.5. The molecule has 1 amide bonds. The topological polar surface area (TPSA) is 128 Å². The fourth-order valence-electron chi connectivity index (χ4n) is 4.83. The number of amides is 1. The van der Waals surface area contributed by atoms with Crippen molar-refractivity contribution in [1.82, 2.24) is 10.3 Å². The van der Waals surface area contributed by atoms with Gasteiger partial charge in [0.1, 0.15) is 17.9 Å². The molecule has 2 atom stereocenters. The van der Waals surface area contributed by atoms with Gasteiger partial charge in [0.05, 0.1) is 29.6 Å². The Morgan fingerprint density at radius 2 is 2.07 bits per heavy atom. The SMILES string of the molecule is CCCCN1CCSc2c(-c3ncco3)cc(C(=O)NC(Cc3cc(F)cc(F)c3)C(O)CC/C(N)=C/C=N)cc21. The van der Waals surface area contributed by atoms with Crippen LogP contribution in [0.15, 0.2) is 63.9 Å². The molecule has 3 aromatic rings. The average Bonchev–Trinajstić information content (AvgIpc) is 3.48. The van der Waals surface area contributed by atoms with E-state index in [9.17, 15) is 18.7 Å². The minimum Gasteiger partial charge on any atom is -0.444 e. The van der Waals surface area contributed by atoms with Gasteiger partial charge in [-0.1, -0.05) is 13.3 Å². The smallest absolute Gasteiger partial charge is 0.251 e. The summed E-state index contributed by atoms with van der Waals surface area (Å²) in [5.74, 6) is -0.638. The van der Waals surface area contributed by atoms with Gasteiger partial charge < -0.3 is 30.9 Å². The molecule has 0 saturated heterocycles. The number of hydrogen-bond donors (Lipinski definition) is 4. The fraction of sp³-hybridized carbons (Fsp3) is 0.367. The number of fused-ring (bicyclic) bond motifs is 1. The number of anilines is 1. The van der Waals surface area contributed by atoms with Crippen molar-refractivity contribution in [2.75, 3.05) is 23.7 Å². The van der Waals surface area contributed by atoms with E-state index in [0.29, 0.717) is 28.3 Å². The van der Waals surface area contributed by atoms with Gasteiger partial charge in [0.2, 0.25) is 5.89 Å². The molecule has 0 radical (unpaired) electrons. The van der Waals surface area contributed by atoms with Gasteiger partial charge in [0.25, 0.3) is 5.91 Å². The monoisotopic (exact) mass is 583 g/mol. The van der Waals surface area contributed by atoms with E-state index in [1.807, 2.05) is 6.07 Å². The van der Waals surface area contributed by atoms with E-state index < -0.39 is 29.7 Å². The Morgan fingerprint density at radius 1 is 1.29 bits per heavy atom. The predicted octanol–water partition coefficient (Wildman–Crippen LogP) is 5.31. The maximum absolute atomic E-state index is 14.0. The highest BCUT2D eigenvalue weighted by molar-refractivity contribution is 7.99. The molecule has 2 unspecified atom stereocenters. The standard InChI is InChI=1S/C30H35F2N5O3S/c1-2-3-9-37-10-12-41-28-24(30-35-8-11-40-30)16-20(17-26(28)37)29(39)36-25(27(38)5-4-23(34)6-7-33)15-19-13-21(31)18-22(32)14-19/h6-8,11,13-14,16-18,25,27,33,38H,2-5,9-10,12,15,34H2,1H3,(H,36,39)/b23-6-,33-7?. The van der Waals surface area contributed by atoms with Crippen molar-refractivity contribution < 1.29 is 23.1 Å². The van der Waals surface area contributed by atoms with Gasteiger partial charge in [-0.3, -0.25) is 4.79 Å². The molecule has 8 nitrogen and oxygen atoms in total. The van der Waals surface area contributed by atoms with Crippen molar-refractivity contribution in [2.24, 2.45) is 5.73 Å². The van der Waals surface area contributed by atoms with Crippen LogP contribution >= 0.6 is 11.8 Å². The zero-order valence-corrected chi connectivity index (χ0v) is 23.7. The van der Waals surface area contributed by atoms with Crippen molar-refractivity contribution in [1.29, 1.82) is 5.41 Å². The largest absolute Gasteiger partial charge is 0.444 e. The first kappa shape index (κ1) is 30.3. The molecule has 11 heteroatoms. The van der Waals surface area contributed by atoms with Crippen molar-refractivity contribution in [3.05, 3.63) is 77.3 Å². The van der Waals surface area contributed by atoms with Gasteiger partial charge in [0.15, 0.2) is 0 Å². The van der Waals surface area contributed by atoms with Crippen LogP contribution in [0.2, 0.25) is 0 Å². The highest BCUT2D eigenvalue weighted by Crippen LogP contribution is 2.42. The van der Waals surface area contributed by atoms with Crippen molar-refractivity contribution in [2.45, 2.75) is 56.1 Å². The van der Waals surface area contributed by atoms with Gasteiger partial charge in [0, 0.05) is 47.3 Å². The number of carbonyl (C=O) groups excluding carboxylic acids is 1. The second kappa shape index (κ2) is 14.3. The number of halogens is 2.